The molecule has 0 bridgehead atoms. The lowest BCUT2D eigenvalue weighted by atomic mass is 10.2. The molecular formula is C10H8Cl2O4. The number of hydrogen-bond donors (Lipinski definition) is 0. The molecule has 1 aromatic rings. The first-order valence-electron chi connectivity index (χ1n) is 4.22. The van der Waals surface area contributed by atoms with Crippen molar-refractivity contribution < 1.29 is 19.1 Å². The SMILES string of the molecule is COC(=O)COc1c(Cl)cc(Cl)cc1C=O. The van der Waals surface area contributed by atoms with Crippen molar-refractivity contribution in [2.45, 2.75) is 0 Å². The topological polar surface area (TPSA) is 52.6 Å². The van der Waals surface area contributed by atoms with Gasteiger partial charge in [0.1, 0.15) is 5.75 Å². The third-order valence-corrected chi connectivity index (χ3v) is 2.23. The summed E-state index contributed by atoms with van der Waals surface area (Å²) in [4.78, 5) is 21.6. The number of esters is 1. The van der Waals surface area contributed by atoms with Crippen molar-refractivity contribution in [2.24, 2.45) is 0 Å². The Hall–Kier alpha value is -1.26. The van der Waals surface area contributed by atoms with Gasteiger partial charge in [-0.1, -0.05) is 23.2 Å². The van der Waals surface area contributed by atoms with Crippen LogP contribution < -0.4 is 4.74 Å². The molecule has 1 aromatic carbocycles. The molecule has 86 valence electrons. The monoisotopic (exact) mass is 262 g/mol. The molecule has 0 radical (unpaired) electrons. The van der Waals surface area contributed by atoms with E-state index in [0.717, 1.165) is 0 Å². The van der Waals surface area contributed by atoms with Gasteiger partial charge in [0, 0.05) is 5.02 Å². The fourth-order valence-electron chi connectivity index (χ4n) is 1.01. The Bertz CT molecular complexity index is 418. The molecular weight excluding hydrogens is 255 g/mol. The highest BCUT2D eigenvalue weighted by Gasteiger charge is 2.12. The molecule has 0 amide bonds. The molecule has 16 heavy (non-hydrogen) atoms. The number of carbonyl (C=O) groups excluding carboxylic acids is 2. The van der Waals surface area contributed by atoms with Gasteiger partial charge in [-0.15, -0.1) is 0 Å². The summed E-state index contributed by atoms with van der Waals surface area (Å²) in [6, 6.07) is 2.82. The minimum atomic E-state index is -0.567. The molecule has 0 N–H and O–H groups in total. The van der Waals surface area contributed by atoms with Crippen molar-refractivity contribution in [3.8, 4) is 5.75 Å². The maximum absolute atomic E-state index is 10.9. The lowest BCUT2D eigenvalue weighted by Gasteiger charge is -2.09. The highest BCUT2D eigenvalue weighted by molar-refractivity contribution is 6.36. The third-order valence-electron chi connectivity index (χ3n) is 1.73. The molecule has 4 nitrogen and oxygen atoms in total. The highest BCUT2D eigenvalue weighted by atomic mass is 35.5. The number of methoxy groups -OCH3 is 1. The van der Waals surface area contributed by atoms with E-state index in [9.17, 15) is 9.59 Å². The van der Waals surface area contributed by atoms with E-state index in [0.29, 0.717) is 11.3 Å². The molecule has 0 aromatic heterocycles. The van der Waals surface area contributed by atoms with Crippen LogP contribution in [0.25, 0.3) is 0 Å². The van der Waals surface area contributed by atoms with Gasteiger partial charge in [0.15, 0.2) is 12.9 Å². The zero-order chi connectivity index (χ0) is 12.1. The second-order valence-corrected chi connectivity index (χ2v) is 3.63. The van der Waals surface area contributed by atoms with Crippen molar-refractivity contribution in [1.82, 2.24) is 0 Å². The van der Waals surface area contributed by atoms with Gasteiger partial charge in [-0.05, 0) is 12.1 Å². The Morgan fingerprint density at radius 1 is 1.44 bits per heavy atom. The Balaban J connectivity index is 2.94. The maximum Gasteiger partial charge on any atom is 0.343 e. The predicted molar refractivity (Wildman–Crippen MR) is 59.4 cm³/mol. The normalized spacial score (nSPS) is 9.69. The summed E-state index contributed by atoms with van der Waals surface area (Å²) >= 11 is 11.5. The molecule has 0 fully saturated rings. The molecule has 0 aliphatic heterocycles. The van der Waals surface area contributed by atoms with Crippen molar-refractivity contribution in [1.29, 1.82) is 0 Å². The Kier molecular flexibility index (Phi) is 4.58. The molecule has 0 aliphatic carbocycles. The van der Waals surface area contributed by atoms with Gasteiger partial charge in [-0.25, -0.2) is 4.79 Å². The van der Waals surface area contributed by atoms with E-state index in [1.165, 1.54) is 19.2 Å². The van der Waals surface area contributed by atoms with E-state index in [2.05, 4.69) is 4.74 Å². The second-order valence-electron chi connectivity index (χ2n) is 2.79. The summed E-state index contributed by atoms with van der Waals surface area (Å²) in [6.07, 6.45) is 0.546. The Labute approximate surface area is 102 Å². The number of benzene rings is 1. The molecule has 0 unspecified atom stereocenters. The standard InChI is InChI=1S/C10H8Cl2O4/c1-15-9(14)5-16-10-6(4-13)2-7(11)3-8(10)12/h2-4H,5H2,1H3. The molecule has 0 heterocycles. The average Bonchev–Trinajstić information content (AvgIpc) is 2.26. The van der Waals surface area contributed by atoms with E-state index in [4.69, 9.17) is 27.9 Å². The van der Waals surface area contributed by atoms with Crippen LogP contribution in [0.3, 0.4) is 0 Å². The fraction of sp³-hybridized carbons (Fsp3) is 0.200. The van der Waals surface area contributed by atoms with E-state index in [1.54, 1.807) is 0 Å². The van der Waals surface area contributed by atoms with Crippen LogP contribution >= 0.6 is 23.2 Å². The number of ether oxygens (including phenoxy) is 2. The summed E-state index contributed by atoms with van der Waals surface area (Å²) < 4.78 is 9.46. The lowest BCUT2D eigenvalue weighted by molar-refractivity contribution is -0.142. The van der Waals surface area contributed by atoms with E-state index >= 15 is 0 Å². The zero-order valence-corrected chi connectivity index (χ0v) is 9.84. The molecule has 0 saturated heterocycles. The molecule has 0 aliphatic rings. The smallest absolute Gasteiger partial charge is 0.343 e. The minimum Gasteiger partial charge on any atom is -0.480 e. The van der Waals surface area contributed by atoms with Crippen molar-refractivity contribution >= 4 is 35.5 Å². The molecule has 6 heteroatoms. The van der Waals surface area contributed by atoms with Gasteiger partial charge in [0.25, 0.3) is 0 Å². The number of halogens is 2. The van der Waals surface area contributed by atoms with Crippen LogP contribution in [-0.4, -0.2) is 26.0 Å². The number of aldehydes is 1. The number of rotatable bonds is 4. The summed E-state index contributed by atoms with van der Waals surface area (Å²) in [6.45, 7) is -0.321. The molecule has 0 spiro atoms. The number of hydrogen-bond acceptors (Lipinski definition) is 4. The van der Waals surface area contributed by atoms with Gasteiger partial charge in [-0.2, -0.15) is 0 Å². The molecule has 1 rings (SSSR count). The number of carbonyl (C=O) groups is 2. The summed E-state index contributed by atoms with van der Waals surface area (Å²) in [5.41, 5.74) is 0.182. The summed E-state index contributed by atoms with van der Waals surface area (Å²) in [5, 5.41) is 0.482. The summed E-state index contributed by atoms with van der Waals surface area (Å²) in [7, 11) is 1.23. The van der Waals surface area contributed by atoms with Crippen molar-refractivity contribution in [3.05, 3.63) is 27.7 Å². The van der Waals surface area contributed by atoms with Crippen LogP contribution in [0.4, 0.5) is 0 Å². The van der Waals surface area contributed by atoms with Crippen LogP contribution in [0.1, 0.15) is 10.4 Å². The van der Waals surface area contributed by atoms with E-state index in [-0.39, 0.29) is 22.9 Å². The third kappa shape index (κ3) is 3.12. The first-order valence-corrected chi connectivity index (χ1v) is 4.98. The first kappa shape index (κ1) is 12.8. The molecule has 0 atom stereocenters. The van der Waals surface area contributed by atoms with Gasteiger partial charge in [-0.3, -0.25) is 4.79 Å². The lowest BCUT2D eigenvalue weighted by Crippen LogP contribution is -2.13. The van der Waals surface area contributed by atoms with E-state index in [1.807, 2.05) is 0 Å². The highest BCUT2D eigenvalue weighted by Crippen LogP contribution is 2.31. The fourth-order valence-corrected chi connectivity index (χ4v) is 1.57. The maximum atomic E-state index is 10.9. The average molecular weight is 263 g/mol. The minimum absolute atomic E-state index is 0.117. The van der Waals surface area contributed by atoms with Gasteiger partial charge >= 0.3 is 5.97 Å². The second kappa shape index (κ2) is 5.72. The van der Waals surface area contributed by atoms with Crippen LogP contribution in [0.2, 0.25) is 10.0 Å². The van der Waals surface area contributed by atoms with E-state index < -0.39 is 5.97 Å². The molecule has 0 saturated carbocycles. The summed E-state index contributed by atoms with van der Waals surface area (Å²) in [5.74, 6) is -0.450. The largest absolute Gasteiger partial charge is 0.480 e. The quantitative estimate of drug-likeness (QED) is 0.618. The van der Waals surface area contributed by atoms with Gasteiger partial charge in [0.05, 0.1) is 17.7 Å². The van der Waals surface area contributed by atoms with Crippen LogP contribution in [0, 0.1) is 0 Å². The van der Waals surface area contributed by atoms with Gasteiger partial charge < -0.3 is 9.47 Å². The van der Waals surface area contributed by atoms with Crippen molar-refractivity contribution in [2.75, 3.05) is 13.7 Å². The van der Waals surface area contributed by atoms with Crippen molar-refractivity contribution in [3.63, 3.8) is 0 Å². The Morgan fingerprint density at radius 3 is 2.69 bits per heavy atom. The van der Waals surface area contributed by atoms with Gasteiger partial charge in [0.2, 0.25) is 0 Å². The zero-order valence-electron chi connectivity index (χ0n) is 8.33. The Morgan fingerprint density at radius 2 is 2.12 bits per heavy atom. The first-order chi connectivity index (χ1) is 7.58. The van der Waals surface area contributed by atoms with Crippen LogP contribution in [-0.2, 0) is 9.53 Å². The van der Waals surface area contributed by atoms with Crippen LogP contribution in [0.15, 0.2) is 12.1 Å². The van der Waals surface area contributed by atoms with Crippen LogP contribution in [0.5, 0.6) is 5.75 Å². The predicted octanol–water partition coefficient (Wildman–Crippen LogP) is 2.36.